The number of aldehydes is 1. The number of carbonyl (C=O) groups excluding carboxylic acids is 1. The van der Waals surface area contributed by atoms with Crippen molar-refractivity contribution in [3.05, 3.63) is 29.6 Å². The van der Waals surface area contributed by atoms with E-state index >= 15 is 0 Å². The van der Waals surface area contributed by atoms with E-state index in [0.29, 0.717) is 12.3 Å². The maximum Gasteiger partial charge on any atom is 0.124 e. The van der Waals surface area contributed by atoms with Crippen LogP contribution >= 0.6 is 0 Å². The fourth-order valence-corrected chi connectivity index (χ4v) is 2.69. The lowest BCUT2D eigenvalue weighted by Crippen LogP contribution is -1.93. The average Bonchev–Trinajstić information content (AvgIpc) is 2.97. The fraction of sp³-hybridized carbons (Fsp3) is 0.429. The zero-order chi connectivity index (χ0) is 11.7. The van der Waals surface area contributed by atoms with Crippen molar-refractivity contribution in [3.63, 3.8) is 0 Å². The summed E-state index contributed by atoms with van der Waals surface area (Å²) in [5.41, 5.74) is 3.13. The van der Waals surface area contributed by atoms with Crippen molar-refractivity contribution < 1.29 is 4.79 Å². The van der Waals surface area contributed by atoms with Crippen molar-refractivity contribution in [2.24, 2.45) is 0 Å². The summed E-state index contributed by atoms with van der Waals surface area (Å²) >= 11 is 0. The number of rotatable bonds is 3. The number of hydrogen-bond donors (Lipinski definition) is 1. The lowest BCUT2D eigenvalue weighted by Gasteiger charge is -2.02. The number of H-pyrrole nitrogens is 1. The summed E-state index contributed by atoms with van der Waals surface area (Å²) < 4.78 is 0. The predicted octanol–water partition coefficient (Wildman–Crippen LogP) is 2.96. The molecule has 0 aliphatic heterocycles. The van der Waals surface area contributed by atoms with E-state index in [4.69, 9.17) is 0 Å². The summed E-state index contributed by atoms with van der Waals surface area (Å²) in [5, 5.41) is 0. The predicted molar refractivity (Wildman–Crippen MR) is 67.1 cm³/mol. The number of fused-ring (bicyclic) bond motifs is 1. The highest BCUT2D eigenvalue weighted by atomic mass is 16.1. The fourth-order valence-electron chi connectivity index (χ4n) is 2.69. The molecular weight excluding hydrogens is 212 g/mol. The van der Waals surface area contributed by atoms with Gasteiger partial charge in [0.2, 0.25) is 0 Å². The average molecular weight is 228 g/mol. The van der Waals surface area contributed by atoms with Crippen LogP contribution in [0.1, 0.15) is 43.0 Å². The Hall–Kier alpha value is -1.64. The van der Waals surface area contributed by atoms with Crippen LogP contribution in [-0.2, 0) is 11.2 Å². The third kappa shape index (κ3) is 1.97. The minimum absolute atomic E-state index is 0.480. The number of carbonyl (C=O) groups is 1. The summed E-state index contributed by atoms with van der Waals surface area (Å²) in [5.74, 6) is 1.73. The Morgan fingerprint density at radius 3 is 2.94 bits per heavy atom. The topological polar surface area (TPSA) is 45.8 Å². The molecule has 1 saturated carbocycles. The molecule has 3 rings (SSSR count). The molecule has 1 aliphatic carbocycles. The van der Waals surface area contributed by atoms with Gasteiger partial charge in [-0.3, -0.25) is 0 Å². The number of hydrogen-bond acceptors (Lipinski definition) is 2. The monoisotopic (exact) mass is 228 g/mol. The largest absolute Gasteiger partial charge is 0.342 e. The lowest BCUT2D eigenvalue weighted by molar-refractivity contribution is -0.107. The highest BCUT2D eigenvalue weighted by Crippen LogP contribution is 2.33. The van der Waals surface area contributed by atoms with Crippen LogP contribution in [0.15, 0.2) is 18.2 Å². The zero-order valence-electron chi connectivity index (χ0n) is 9.78. The van der Waals surface area contributed by atoms with Crippen LogP contribution in [0.3, 0.4) is 0 Å². The minimum atomic E-state index is 0.480. The van der Waals surface area contributed by atoms with Crippen LogP contribution in [0.5, 0.6) is 0 Å². The van der Waals surface area contributed by atoms with Gasteiger partial charge in [0, 0.05) is 12.3 Å². The molecule has 0 spiro atoms. The van der Waals surface area contributed by atoms with E-state index in [0.717, 1.165) is 28.7 Å². The Morgan fingerprint density at radius 1 is 1.35 bits per heavy atom. The summed E-state index contributed by atoms with van der Waals surface area (Å²) in [7, 11) is 0. The number of aromatic nitrogens is 2. The standard InChI is InChI=1S/C14H16N2O/c17-8-7-10-5-6-12-13(9-10)16-14(15-12)11-3-1-2-4-11/h5-6,8-9,11H,1-4,7H2,(H,15,16). The molecule has 1 N–H and O–H groups in total. The Bertz CT molecular complexity index is 538. The van der Waals surface area contributed by atoms with Crippen molar-refractivity contribution in [2.45, 2.75) is 38.0 Å². The molecule has 88 valence electrons. The second-order valence-electron chi connectivity index (χ2n) is 4.83. The molecule has 1 aromatic heterocycles. The van der Waals surface area contributed by atoms with Crippen molar-refractivity contribution >= 4 is 17.3 Å². The first kappa shape index (κ1) is 10.5. The highest BCUT2D eigenvalue weighted by Gasteiger charge is 2.20. The molecule has 3 heteroatoms. The van der Waals surface area contributed by atoms with Gasteiger partial charge >= 0.3 is 0 Å². The van der Waals surface area contributed by atoms with E-state index in [2.05, 4.69) is 9.97 Å². The number of benzene rings is 1. The van der Waals surface area contributed by atoms with Gasteiger partial charge in [-0.1, -0.05) is 18.9 Å². The Kier molecular flexibility index (Phi) is 2.67. The first-order valence-electron chi connectivity index (χ1n) is 6.29. The van der Waals surface area contributed by atoms with E-state index in [1.54, 1.807) is 0 Å². The molecule has 3 nitrogen and oxygen atoms in total. The number of imidazole rings is 1. The quantitative estimate of drug-likeness (QED) is 0.821. The van der Waals surface area contributed by atoms with Crippen molar-refractivity contribution in [3.8, 4) is 0 Å². The van der Waals surface area contributed by atoms with Crippen LogP contribution in [0.25, 0.3) is 11.0 Å². The Balaban J connectivity index is 1.97. The third-order valence-corrected chi connectivity index (χ3v) is 3.63. The molecule has 0 radical (unpaired) electrons. The molecule has 2 aromatic rings. The second-order valence-corrected chi connectivity index (χ2v) is 4.83. The Labute approximate surface area is 100 Å². The van der Waals surface area contributed by atoms with Gasteiger partial charge in [0.15, 0.2) is 0 Å². The first-order valence-corrected chi connectivity index (χ1v) is 6.29. The number of nitrogens with zero attached hydrogens (tertiary/aromatic N) is 1. The van der Waals surface area contributed by atoms with Crippen LogP contribution in [0, 0.1) is 0 Å². The van der Waals surface area contributed by atoms with Gasteiger partial charge in [-0.2, -0.15) is 0 Å². The van der Waals surface area contributed by atoms with Gasteiger partial charge in [-0.05, 0) is 30.5 Å². The second kappa shape index (κ2) is 4.32. The van der Waals surface area contributed by atoms with Crippen molar-refractivity contribution in [1.29, 1.82) is 0 Å². The van der Waals surface area contributed by atoms with Gasteiger partial charge in [0.1, 0.15) is 12.1 Å². The molecule has 0 bridgehead atoms. The van der Waals surface area contributed by atoms with Gasteiger partial charge in [0.05, 0.1) is 11.0 Å². The molecule has 0 amide bonds. The van der Waals surface area contributed by atoms with Crippen molar-refractivity contribution in [2.75, 3.05) is 0 Å². The van der Waals surface area contributed by atoms with Gasteiger partial charge in [0.25, 0.3) is 0 Å². The van der Waals surface area contributed by atoms with Crippen LogP contribution in [0.2, 0.25) is 0 Å². The van der Waals surface area contributed by atoms with Gasteiger partial charge < -0.3 is 9.78 Å². The molecule has 0 unspecified atom stereocenters. The number of aromatic amines is 1. The third-order valence-electron chi connectivity index (χ3n) is 3.63. The van der Waals surface area contributed by atoms with Crippen LogP contribution in [0.4, 0.5) is 0 Å². The van der Waals surface area contributed by atoms with E-state index in [-0.39, 0.29) is 0 Å². The molecule has 1 fully saturated rings. The zero-order valence-corrected chi connectivity index (χ0v) is 9.78. The van der Waals surface area contributed by atoms with Crippen LogP contribution < -0.4 is 0 Å². The molecule has 1 aliphatic rings. The summed E-state index contributed by atoms with van der Waals surface area (Å²) in [6.45, 7) is 0. The maximum absolute atomic E-state index is 10.5. The van der Waals surface area contributed by atoms with Crippen LogP contribution in [-0.4, -0.2) is 16.3 Å². The maximum atomic E-state index is 10.5. The molecule has 1 heterocycles. The summed E-state index contributed by atoms with van der Waals surface area (Å²) in [4.78, 5) is 18.6. The van der Waals surface area contributed by atoms with Gasteiger partial charge in [-0.15, -0.1) is 0 Å². The van der Waals surface area contributed by atoms with E-state index in [9.17, 15) is 4.79 Å². The molecule has 0 atom stereocenters. The number of nitrogens with one attached hydrogen (secondary N) is 1. The summed E-state index contributed by atoms with van der Waals surface area (Å²) in [6.07, 6.45) is 6.56. The van der Waals surface area contributed by atoms with Crippen molar-refractivity contribution in [1.82, 2.24) is 9.97 Å². The molecule has 0 saturated heterocycles. The highest BCUT2D eigenvalue weighted by molar-refractivity contribution is 5.76. The first-order chi connectivity index (χ1) is 8.36. The molecule has 17 heavy (non-hydrogen) atoms. The minimum Gasteiger partial charge on any atom is -0.342 e. The smallest absolute Gasteiger partial charge is 0.124 e. The normalized spacial score (nSPS) is 16.7. The van der Waals surface area contributed by atoms with Gasteiger partial charge in [-0.25, -0.2) is 4.98 Å². The SMILES string of the molecule is O=CCc1ccc2nc(C3CCCC3)[nH]c2c1. The molecule has 1 aromatic carbocycles. The summed E-state index contributed by atoms with van der Waals surface area (Å²) in [6, 6.07) is 6.02. The van der Waals surface area contributed by atoms with E-state index < -0.39 is 0 Å². The van der Waals surface area contributed by atoms with E-state index in [1.807, 2.05) is 18.2 Å². The lowest BCUT2D eigenvalue weighted by atomic mass is 10.1. The van der Waals surface area contributed by atoms with E-state index in [1.165, 1.54) is 25.7 Å². The Morgan fingerprint density at radius 2 is 2.18 bits per heavy atom. The molecular formula is C14H16N2O.